The largest absolute Gasteiger partial charge is 0.465 e. The highest BCUT2D eigenvalue weighted by Gasteiger charge is 2.22. The molecule has 0 aliphatic heterocycles. The molecule has 0 radical (unpaired) electrons. The van der Waals surface area contributed by atoms with Crippen LogP contribution in [0.15, 0.2) is 48.5 Å². The number of H-pyrrole nitrogens is 2. The van der Waals surface area contributed by atoms with Crippen LogP contribution < -0.4 is 9.47 Å². The lowest BCUT2D eigenvalue weighted by Crippen LogP contribution is -2.06. The molecule has 0 amide bonds. The number of para-hydroxylation sites is 2. The van der Waals surface area contributed by atoms with Gasteiger partial charge in [-0.1, -0.05) is 102 Å². The summed E-state index contributed by atoms with van der Waals surface area (Å²) in [4.78, 5) is 7.13. The molecule has 0 saturated carbocycles. The lowest BCUT2D eigenvalue weighted by atomic mass is 10.1. The van der Waals surface area contributed by atoms with Crippen LogP contribution in [0.2, 0.25) is 0 Å². The molecule has 2 aromatic carbocycles. The standard InChI is InChI=1S/C34H48N2O4/c1-3-5-7-9-11-17-23-37-25-39-33-27-19-13-15-21-29(27)35-31(33)32-34(28-20-14-16-22-30(28)36-32)40-26-38-24-18-12-10-8-6-4-2/h13-16,19-22,35-36H,3-12,17-18,23-26H2,1-2H3. The van der Waals surface area contributed by atoms with E-state index >= 15 is 0 Å². The number of hydrogen-bond acceptors (Lipinski definition) is 4. The maximum atomic E-state index is 6.28. The van der Waals surface area contributed by atoms with Crippen LogP contribution in [0.1, 0.15) is 90.9 Å². The van der Waals surface area contributed by atoms with Gasteiger partial charge in [0.2, 0.25) is 0 Å². The van der Waals surface area contributed by atoms with Gasteiger partial charge in [-0.2, -0.15) is 0 Å². The Morgan fingerprint density at radius 1 is 0.500 bits per heavy atom. The molecule has 6 heteroatoms. The molecular formula is C34H48N2O4. The Morgan fingerprint density at radius 2 is 0.900 bits per heavy atom. The summed E-state index contributed by atoms with van der Waals surface area (Å²) < 4.78 is 24.3. The van der Waals surface area contributed by atoms with E-state index in [1.165, 1.54) is 64.2 Å². The first kappa shape index (κ1) is 30.0. The highest BCUT2D eigenvalue weighted by molar-refractivity contribution is 6.00. The molecule has 0 unspecified atom stereocenters. The average molecular weight is 549 g/mol. The number of unbranched alkanes of at least 4 members (excludes halogenated alkanes) is 10. The van der Waals surface area contributed by atoms with E-state index in [9.17, 15) is 0 Å². The highest BCUT2D eigenvalue weighted by Crippen LogP contribution is 2.43. The van der Waals surface area contributed by atoms with Gasteiger partial charge >= 0.3 is 0 Å². The first-order chi connectivity index (χ1) is 19.8. The molecular weight excluding hydrogens is 500 g/mol. The molecule has 0 aliphatic carbocycles. The van der Waals surface area contributed by atoms with Gasteiger partial charge in [0.05, 0.1) is 13.2 Å². The Morgan fingerprint density at radius 3 is 1.35 bits per heavy atom. The molecule has 218 valence electrons. The Balaban J connectivity index is 1.42. The van der Waals surface area contributed by atoms with Gasteiger partial charge in [0.25, 0.3) is 0 Å². The summed E-state index contributed by atoms with van der Waals surface area (Å²) in [6, 6.07) is 16.4. The van der Waals surface area contributed by atoms with Crippen LogP contribution in [0, 0.1) is 0 Å². The number of benzene rings is 2. The van der Waals surface area contributed by atoms with Crippen molar-refractivity contribution in [3.05, 3.63) is 48.5 Å². The molecule has 40 heavy (non-hydrogen) atoms. The predicted molar refractivity (Wildman–Crippen MR) is 165 cm³/mol. The van der Waals surface area contributed by atoms with Crippen molar-refractivity contribution in [2.45, 2.75) is 90.9 Å². The fourth-order valence-electron chi connectivity index (χ4n) is 5.17. The minimum Gasteiger partial charge on any atom is -0.465 e. The quantitative estimate of drug-likeness (QED) is 0.0803. The summed E-state index contributed by atoms with van der Waals surface area (Å²) in [7, 11) is 0. The van der Waals surface area contributed by atoms with Gasteiger partial charge in [-0.05, 0) is 37.1 Å². The lowest BCUT2D eigenvalue weighted by molar-refractivity contribution is 0.0135. The Labute approximate surface area is 239 Å². The first-order valence-electron chi connectivity index (χ1n) is 15.5. The molecule has 0 aliphatic rings. The van der Waals surface area contributed by atoms with Crippen molar-refractivity contribution >= 4 is 21.8 Å². The normalized spacial score (nSPS) is 11.6. The van der Waals surface area contributed by atoms with Crippen LogP contribution in [0.25, 0.3) is 33.2 Å². The molecule has 2 N–H and O–H groups in total. The maximum Gasteiger partial charge on any atom is 0.189 e. The molecule has 2 heterocycles. The molecule has 0 saturated heterocycles. The smallest absolute Gasteiger partial charge is 0.189 e. The Bertz CT molecular complexity index is 1160. The zero-order chi connectivity index (χ0) is 27.8. The van der Waals surface area contributed by atoms with Gasteiger partial charge in [-0.25, -0.2) is 0 Å². The van der Waals surface area contributed by atoms with Crippen LogP contribution in [-0.4, -0.2) is 36.8 Å². The molecule has 0 atom stereocenters. The minimum absolute atomic E-state index is 0.210. The van der Waals surface area contributed by atoms with E-state index in [-0.39, 0.29) is 13.6 Å². The van der Waals surface area contributed by atoms with Gasteiger partial charge in [-0.3, -0.25) is 0 Å². The topological polar surface area (TPSA) is 68.5 Å². The number of ether oxygens (including phenoxy) is 4. The van der Waals surface area contributed by atoms with Gasteiger partial charge < -0.3 is 28.9 Å². The summed E-state index contributed by atoms with van der Waals surface area (Å²) in [5.74, 6) is 1.53. The van der Waals surface area contributed by atoms with Gasteiger partial charge in [-0.15, -0.1) is 0 Å². The third-order valence-corrected chi connectivity index (χ3v) is 7.42. The summed E-state index contributed by atoms with van der Waals surface area (Å²) in [6.07, 6.45) is 14.9. The molecule has 0 bridgehead atoms. The highest BCUT2D eigenvalue weighted by atomic mass is 16.7. The van der Waals surface area contributed by atoms with Crippen LogP contribution >= 0.6 is 0 Å². The second kappa shape index (κ2) is 17.0. The third kappa shape index (κ3) is 8.52. The van der Waals surface area contributed by atoms with E-state index in [0.717, 1.165) is 57.5 Å². The van der Waals surface area contributed by atoms with Gasteiger partial charge in [0.1, 0.15) is 11.4 Å². The van der Waals surface area contributed by atoms with Crippen LogP contribution in [0.4, 0.5) is 0 Å². The maximum absolute atomic E-state index is 6.28. The van der Waals surface area contributed by atoms with Crippen molar-refractivity contribution in [1.29, 1.82) is 0 Å². The van der Waals surface area contributed by atoms with Crippen molar-refractivity contribution in [2.24, 2.45) is 0 Å². The Hall–Kier alpha value is -2.96. The number of aromatic amines is 2. The molecule has 0 spiro atoms. The van der Waals surface area contributed by atoms with E-state index < -0.39 is 0 Å². The van der Waals surface area contributed by atoms with E-state index in [2.05, 4.69) is 48.1 Å². The second-order valence-corrected chi connectivity index (χ2v) is 10.6. The fraction of sp³-hybridized carbons (Fsp3) is 0.529. The molecule has 2 aromatic heterocycles. The van der Waals surface area contributed by atoms with Gasteiger partial charge in [0, 0.05) is 21.8 Å². The minimum atomic E-state index is 0.210. The van der Waals surface area contributed by atoms with Crippen LogP contribution in [0.3, 0.4) is 0 Å². The monoisotopic (exact) mass is 548 g/mol. The van der Waals surface area contributed by atoms with E-state index in [1.807, 2.05) is 24.3 Å². The average Bonchev–Trinajstić information content (AvgIpc) is 3.53. The molecule has 4 aromatic rings. The second-order valence-electron chi connectivity index (χ2n) is 10.6. The van der Waals surface area contributed by atoms with Crippen molar-refractivity contribution in [3.8, 4) is 22.9 Å². The fourth-order valence-corrected chi connectivity index (χ4v) is 5.17. The van der Waals surface area contributed by atoms with Crippen LogP contribution in [0.5, 0.6) is 11.5 Å². The number of nitrogens with one attached hydrogen (secondary N) is 2. The van der Waals surface area contributed by atoms with E-state index in [4.69, 9.17) is 18.9 Å². The number of hydrogen-bond donors (Lipinski definition) is 2. The zero-order valence-corrected chi connectivity index (χ0v) is 24.6. The molecule has 4 rings (SSSR count). The van der Waals surface area contributed by atoms with Crippen molar-refractivity contribution < 1.29 is 18.9 Å². The Kier molecular flexibility index (Phi) is 12.7. The molecule has 6 nitrogen and oxygen atoms in total. The SMILES string of the molecule is CCCCCCCCOCOc1c(-c2[nH]c3ccccc3c2OCOCCCCCCCC)[nH]c2ccccc12. The van der Waals surface area contributed by atoms with Crippen molar-refractivity contribution in [3.63, 3.8) is 0 Å². The summed E-state index contributed by atoms with van der Waals surface area (Å²) in [6.45, 7) is 6.33. The zero-order valence-electron chi connectivity index (χ0n) is 24.6. The third-order valence-electron chi connectivity index (χ3n) is 7.42. The molecule has 0 fully saturated rings. The summed E-state index contributed by atoms with van der Waals surface area (Å²) in [5, 5.41) is 2.04. The number of rotatable bonds is 21. The van der Waals surface area contributed by atoms with Crippen molar-refractivity contribution in [1.82, 2.24) is 9.97 Å². The lowest BCUT2D eigenvalue weighted by Gasteiger charge is -2.11. The van der Waals surface area contributed by atoms with Crippen LogP contribution in [-0.2, 0) is 9.47 Å². The van der Waals surface area contributed by atoms with E-state index in [1.54, 1.807) is 0 Å². The first-order valence-corrected chi connectivity index (χ1v) is 15.5. The number of fused-ring (bicyclic) bond motifs is 2. The van der Waals surface area contributed by atoms with Crippen molar-refractivity contribution in [2.75, 3.05) is 26.8 Å². The number of aromatic nitrogens is 2. The summed E-state index contributed by atoms with van der Waals surface area (Å²) >= 11 is 0. The van der Waals surface area contributed by atoms with E-state index in [0.29, 0.717) is 13.2 Å². The predicted octanol–water partition coefficient (Wildman–Crippen LogP) is 9.74. The summed E-state index contributed by atoms with van der Waals surface area (Å²) in [5.41, 5.74) is 3.72. The van der Waals surface area contributed by atoms with Gasteiger partial charge in [0.15, 0.2) is 25.1 Å².